The van der Waals surface area contributed by atoms with Gasteiger partial charge in [-0.3, -0.25) is 4.79 Å². The van der Waals surface area contributed by atoms with E-state index in [4.69, 9.17) is 9.47 Å². The van der Waals surface area contributed by atoms with Crippen molar-refractivity contribution < 1.29 is 14.3 Å². The minimum Gasteiger partial charge on any atom is -0.497 e. The largest absolute Gasteiger partial charge is 0.497 e. The third-order valence-electron chi connectivity index (χ3n) is 3.03. The van der Waals surface area contributed by atoms with Crippen LogP contribution in [0.5, 0.6) is 11.5 Å². The maximum atomic E-state index is 12.1. The first-order chi connectivity index (χ1) is 10.2. The highest BCUT2D eigenvalue weighted by Crippen LogP contribution is 2.24. The van der Waals surface area contributed by atoms with E-state index in [1.165, 1.54) is 0 Å². The van der Waals surface area contributed by atoms with Crippen molar-refractivity contribution >= 4 is 17.4 Å². The van der Waals surface area contributed by atoms with Gasteiger partial charge < -0.3 is 14.8 Å². The van der Waals surface area contributed by atoms with Crippen molar-refractivity contribution in [1.82, 2.24) is 14.9 Å². The van der Waals surface area contributed by atoms with Gasteiger partial charge in [-0.1, -0.05) is 11.4 Å². The van der Waals surface area contributed by atoms with Crippen LogP contribution in [0.3, 0.4) is 0 Å². The normalized spacial score (nSPS) is 10.2. The van der Waals surface area contributed by atoms with Crippen molar-refractivity contribution in [2.75, 3.05) is 14.2 Å². The van der Waals surface area contributed by atoms with E-state index >= 15 is 0 Å². The van der Waals surface area contributed by atoms with E-state index in [0.29, 0.717) is 29.3 Å². The summed E-state index contributed by atoms with van der Waals surface area (Å²) in [4.78, 5) is 12.7. The van der Waals surface area contributed by atoms with E-state index in [-0.39, 0.29) is 5.91 Å². The number of hydrogen-bond donors (Lipinski definition) is 1. The number of benzene rings is 1. The molecule has 0 radical (unpaired) electrons. The molecule has 2 aromatic rings. The molecule has 1 heterocycles. The van der Waals surface area contributed by atoms with Gasteiger partial charge in [0, 0.05) is 18.2 Å². The second-order valence-electron chi connectivity index (χ2n) is 4.26. The molecule has 0 bridgehead atoms. The molecule has 21 heavy (non-hydrogen) atoms. The van der Waals surface area contributed by atoms with Gasteiger partial charge in [0.1, 0.15) is 16.4 Å². The Labute approximate surface area is 127 Å². The first-order valence-electron chi connectivity index (χ1n) is 6.49. The van der Waals surface area contributed by atoms with Crippen LogP contribution < -0.4 is 14.8 Å². The fraction of sp³-hybridized carbons (Fsp3) is 0.357. The smallest absolute Gasteiger partial charge is 0.265 e. The molecule has 0 unspecified atom stereocenters. The summed E-state index contributed by atoms with van der Waals surface area (Å²) < 4.78 is 14.3. The summed E-state index contributed by atoms with van der Waals surface area (Å²) in [6, 6.07) is 5.48. The lowest BCUT2D eigenvalue weighted by Gasteiger charge is -2.11. The summed E-state index contributed by atoms with van der Waals surface area (Å²) in [7, 11) is 3.18. The summed E-state index contributed by atoms with van der Waals surface area (Å²) in [5.74, 6) is 1.22. The zero-order valence-corrected chi connectivity index (χ0v) is 13.0. The molecule has 0 atom stereocenters. The quantitative estimate of drug-likeness (QED) is 0.884. The highest BCUT2D eigenvalue weighted by molar-refractivity contribution is 7.08. The minimum absolute atomic E-state index is 0.167. The van der Waals surface area contributed by atoms with Crippen LogP contribution in [0.25, 0.3) is 0 Å². The van der Waals surface area contributed by atoms with Gasteiger partial charge in [0.25, 0.3) is 5.91 Å². The SMILES string of the molecule is CCc1nnsc1C(=O)NCc1ccc(OC)cc1OC. The third kappa shape index (κ3) is 3.49. The molecular weight excluding hydrogens is 290 g/mol. The standard InChI is InChI=1S/C14H17N3O3S/c1-4-11-13(21-17-16-11)14(18)15-8-9-5-6-10(19-2)7-12(9)20-3/h5-7H,4,8H2,1-3H3,(H,15,18). The molecule has 112 valence electrons. The monoisotopic (exact) mass is 307 g/mol. The number of hydrogen-bond acceptors (Lipinski definition) is 6. The second-order valence-corrected chi connectivity index (χ2v) is 5.02. The molecule has 2 rings (SSSR count). The molecular formula is C14H17N3O3S. The molecule has 0 aliphatic carbocycles. The van der Waals surface area contributed by atoms with E-state index in [1.54, 1.807) is 20.3 Å². The molecule has 0 saturated carbocycles. The fourth-order valence-electron chi connectivity index (χ4n) is 1.87. The van der Waals surface area contributed by atoms with E-state index in [1.807, 2.05) is 19.1 Å². The number of ether oxygens (including phenoxy) is 2. The third-order valence-corrected chi connectivity index (χ3v) is 3.80. The summed E-state index contributed by atoms with van der Waals surface area (Å²) >= 11 is 1.11. The second kappa shape index (κ2) is 7.03. The average Bonchev–Trinajstić information content (AvgIpc) is 3.01. The van der Waals surface area contributed by atoms with Gasteiger partial charge in [-0.2, -0.15) is 0 Å². The molecule has 1 aromatic carbocycles. The molecule has 1 aromatic heterocycles. The number of rotatable bonds is 6. The van der Waals surface area contributed by atoms with E-state index in [9.17, 15) is 4.79 Å². The first-order valence-corrected chi connectivity index (χ1v) is 7.27. The highest BCUT2D eigenvalue weighted by atomic mass is 32.1. The molecule has 0 fully saturated rings. The predicted molar refractivity (Wildman–Crippen MR) is 80.0 cm³/mol. The number of carbonyl (C=O) groups is 1. The lowest BCUT2D eigenvalue weighted by Crippen LogP contribution is -2.23. The Morgan fingerprint density at radius 3 is 2.81 bits per heavy atom. The predicted octanol–water partition coefficient (Wildman–Crippen LogP) is 2.05. The number of aryl methyl sites for hydroxylation is 1. The number of carbonyl (C=O) groups excluding carboxylic acids is 1. The van der Waals surface area contributed by atoms with Crippen LogP contribution in [0, 0.1) is 0 Å². The van der Waals surface area contributed by atoms with Crippen molar-refractivity contribution in [3.05, 3.63) is 34.3 Å². The molecule has 0 spiro atoms. The number of aromatic nitrogens is 2. The van der Waals surface area contributed by atoms with Crippen LogP contribution in [0.15, 0.2) is 18.2 Å². The Morgan fingerprint density at radius 1 is 1.33 bits per heavy atom. The summed E-state index contributed by atoms with van der Waals surface area (Å²) in [6.07, 6.45) is 0.686. The maximum absolute atomic E-state index is 12.1. The number of amides is 1. The molecule has 0 saturated heterocycles. The summed E-state index contributed by atoms with van der Waals surface area (Å²) in [6.45, 7) is 2.31. The lowest BCUT2D eigenvalue weighted by atomic mass is 10.2. The van der Waals surface area contributed by atoms with Crippen LogP contribution in [0.2, 0.25) is 0 Å². The molecule has 0 aliphatic heterocycles. The Kier molecular flexibility index (Phi) is 5.10. The number of nitrogens with one attached hydrogen (secondary N) is 1. The summed E-state index contributed by atoms with van der Waals surface area (Å²) in [5, 5.41) is 6.79. The van der Waals surface area contributed by atoms with Gasteiger partial charge in [-0.15, -0.1) is 5.10 Å². The van der Waals surface area contributed by atoms with Crippen LogP contribution >= 0.6 is 11.5 Å². The van der Waals surface area contributed by atoms with Crippen LogP contribution in [0.4, 0.5) is 0 Å². The van der Waals surface area contributed by atoms with Gasteiger partial charge in [-0.05, 0) is 30.1 Å². The van der Waals surface area contributed by atoms with E-state index < -0.39 is 0 Å². The topological polar surface area (TPSA) is 73.3 Å². The Bertz CT molecular complexity index is 628. The first kappa shape index (κ1) is 15.2. The number of methoxy groups -OCH3 is 2. The molecule has 6 nitrogen and oxygen atoms in total. The van der Waals surface area contributed by atoms with Crippen LogP contribution in [0.1, 0.15) is 27.9 Å². The van der Waals surface area contributed by atoms with Crippen molar-refractivity contribution in [2.45, 2.75) is 19.9 Å². The van der Waals surface area contributed by atoms with Gasteiger partial charge in [0.2, 0.25) is 0 Å². The molecule has 0 aliphatic rings. The Hall–Kier alpha value is -2.15. The van der Waals surface area contributed by atoms with Gasteiger partial charge in [0.15, 0.2) is 0 Å². The maximum Gasteiger partial charge on any atom is 0.265 e. The van der Waals surface area contributed by atoms with Gasteiger partial charge in [0.05, 0.1) is 19.9 Å². The van der Waals surface area contributed by atoms with Gasteiger partial charge >= 0.3 is 0 Å². The zero-order valence-electron chi connectivity index (χ0n) is 12.2. The van der Waals surface area contributed by atoms with Gasteiger partial charge in [-0.25, -0.2) is 0 Å². The Morgan fingerprint density at radius 2 is 2.14 bits per heavy atom. The minimum atomic E-state index is -0.167. The number of nitrogens with zero attached hydrogens (tertiary/aromatic N) is 2. The zero-order chi connectivity index (χ0) is 15.2. The van der Waals surface area contributed by atoms with E-state index in [0.717, 1.165) is 22.8 Å². The molecule has 1 N–H and O–H groups in total. The van der Waals surface area contributed by atoms with Crippen molar-refractivity contribution in [3.8, 4) is 11.5 Å². The van der Waals surface area contributed by atoms with Crippen molar-refractivity contribution in [2.24, 2.45) is 0 Å². The highest BCUT2D eigenvalue weighted by Gasteiger charge is 2.15. The summed E-state index contributed by atoms with van der Waals surface area (Å²) in [5.41, 5.74) is 1.60. The van der Waals surface area contributed by atoms with Crippen LogP contribution in [-0.2, 0) is 13.0 Å². The fourth-order valence-corrected chi connectivity index (χ4v) is 2.53. The van der Waals surface area contributed by atoms with E-state index in [2.05, 4.69) is 14.9 Å². The molecule has 1 amide bonds. The average molecular weight is 307 g/mol. The van der Waals surface area contributed by atoms with Crippen molar-refractivity contribution in [1.29, 1.82) is 0 Å². The van der Waals surface area contributed by atoms with Crippen molar-refractivity contribution in [3.63, 3.8) is 0 Å². The Balaban J connectivity index is 2.07. The molecule has 7 heteroatoms. The van der Waals surface area contributed by atoms with Crippen LogP contribution in [-0.4, -0.2) is 29.7 Å². The lowest BCUT2D eigenvalue weighted by molar-refractivity contribution is 0.0953.